The normalized spacial score (nSPS) is 17.6. The second-order valence-corrected chi connectivity index (χ2v) is 7.67. The number of nitrogens with zero attached hydrogens (tertiary/aromatic N) is 3. The van der Waals surface area contributed by atoms with E-state index in [0.717, 1.165) is 49.4 Å². The Labute approximate surface area is 161 Å². The van der Waals surface area contributed by atoms with Crippen LogP contribution in [-0.4, -0.2) is 40.8 Å². The minimum Gasteiger partial charge on any atom is -0.497 e. The number of aromatic nitrogens is 2. The van der Waals surface area contributed by atoms with Crippen molar-refractivity contribution in [1.82, 2.24) is 14.7 Å². The number of ether oxygens (including phenoxy) is 1. The number of amides is 1. The Morgan fingerprint density at radius 1 is 1.19 bits per heavy atom. The van der Waals surface area contributed by atoms with Crippen LogP contribution in [-0.2, 0) is 19.3 Å². The summed E-state index contributed by atoms with van der Waals surface area (Å²) in [4.78, 5) is 15.3. The lowest BCUT2D eigenvalue weighted by Crippen LogP contribution is -2.33. The Morgan fingerprint density at radius 2 is 1.93 bits per heavy atom. The summed E-state index contributed by atoms with van der Waals surface area (Å²) in [5, 5.41) is 4.62. The summed E-state index contributed by atoms with van der Waals surface area (Å²) in [6.07, 6.45) is 9.32. The van der Waals surface area contributed by atoms with Gasteiger partial charge in [-0.25, -0.2) is 0 Å². The van der Waals surface area contributed by atoms with E-state index in [9.17, 15) is 4.79 Å². The van der Waals surface area contributed by atoms with Crippen molar-refractivity contribution >= 4 is 5.91 Å². The van der Waals surface area contributed by atoms with Gasteiger partial charge >= 0.3 is 0 Å². The van der Waals surface area contributed by atoms with Gasteiger partial charge < -0.3 is 9.64 Å². The molecule has 2 heterocycles. The molecule has 0 spiro atoms. The number of carbonyl (C=O) groups is 1. The summed E-state index contributed by atoms with van der Waals surface area (Å²) in [5.74, 6) is 1.02. The minimum atomic E-state index is 0.135. The van der Waals surface area contributed by atoms with E-state index >= 15 is 0 Å². The summed E-state index contributed by atoms with van der Waals surface area (Å²) in [6, 6.07) is 6.73. The molecule has 0 atom stereocenters. The van der Waals surface area contributed by atoms with Crippen LogP contribution >= 0.6 is 0 Å². The molecule has 1 fully saturated rings. The summed E-state index contributed by atoms with van der Waals surface area (Å²) < 4.78 is 7.49. The van der Waals surface area contributed by atoms with Gasteiger partial charge in [0.2, 0.25) is 0 Å². The zero-order valence-corrected chi connectivity index (χ0v) is 16.4. The van der Waals surface area contributed by atoms with Gasteiger partial charge in [0, 0.05) is 13.1 Å². The maximum absolute atomic E-state index is 13.3. The van der Waals surface area contributed by atoms with E-state index in [2.05, 4.69) is 28.8 Å². The smallest absolute Gasteiger partial charge is 0.257 e. The highest BCUT2D eigenvalue weighted by Crippen LogP contribution is 2.31. The van der Waals surface area contributed by atoms with Gasteiger partial charge in [-0.1, -0.05) is 25.8 Å². The quantitative estimate of drug-likeness (QED) is 0.826. The Bertz CT molecular complexity index is 821. The predicted molar refractivity (Wildman–Crippen MR) is 105 cm³/mol. The zero-order chi connectivity index (χ0) is 18.8. The van der Waals surface area contributed by atoms with E-state index in [0.29, 0.717) is 6.04 Å². The molecule has 0 saturated heterocycles. The number of methoxy groups -OCH3 is 1. The second kappa shape index (κ2) is 7.75. The van der Waals surface area contributed by atoms with Crippen molar-refractivity contribution in [3.8, 4) is 5.75 Å². The lowest BCUT2D eigenvalue weighted by atomic mass is 10.0. The number of rotatable bonds is 4. The average Bonchev–Trinajstić information content (AvgIpc) is 3.32. The number of fused-ring (bicyclic) bond motifs is 1. The highest BCUT2D eigenvalue weighted by molar-refractivity contribution is 5.95. The van der Waals surface area contributed by atoms with Crippen LogP contribution < -0.4 is 4.74 Å². The van der Waals surface area contributed by atoms with Crippen LogP contribution in [0, 0.1) is 0 Å². The van der Waals surface area contributed by atoms with Crippen LogP contribution in [0.15, 0.2) is 24.4 Å². The van der Waals surface area contributed by atoms with E-state index in [1.165, 1.54) is 36.8 Å². The summed E-state index contributed by atoms with van der Waals surface area (Å²) in [5.41, 5.74) is 4.52. The molecule has 27 heavy (non-hydrogen) atoms. The molecule has 144 valence electrons. The molecule has 1 aromatic carbocycles. The molecule has 1 amide bonds. The van der Waals surface area contributed by atoms with Crippen LogP contribution in [0.3, 0.4) is 0 Å². The van der Waals surface area contributed by atoms with E-state index in [1.54, 1.807) is 13.3 Å². The molecule has 1 aromatic heterocycles. The topological polar surface area (TPSA) is 47.4 Å². The van der Waals surface area contributed by atoms with Gasteiger partial charge in [-0.3, -0.25) is 9.48 Å². The minimum absolute atomic E-state index is 0.135. The van der Waals surface area contributed by atoms with Crippen molar-refractivity contribution in [3.05, 3.63) is 46.8 Å². The van der Waals surface area contributed by atoms with Crippen LogP contribution in [0.5, 0.6) is 5.75 Å². The van der Waals surface area contributed by atoms with Crippen LogP contribution in [0.1, 0.15) is 65.8 Å². The fourth-order valence-corrected chi connectivity index (χ4v) is 4.58. The van der Waals surface area contributed by atoms with Crippen molar-refractivity contribution in [2.24, 2.45) is 0 Å². The molecule has 0 N–H and O–H groups in total. The Kier molecular flexibility index (Phi) is 5.19. The molecule has 2 aromatic rings. The number of hydrogen-bond donors (Lipinski definition) is 0. The van der Waals surface area contributed by atoms with E-state index in [1.807, 2.05) is 11.0 Å². The lowest BCUT2D eigenvalue weighted by Gasteiger charge is -2.21. The molecule has 5 nitrogen and oxygen atoms in total. The summed E-state index contributed by atoms with van der Waals surface area (Å²) in [6.45, 7) is 3.64. The third-order valence-corrected chi connectivity index (χ3v) is 6.14. The SMILES string of the molecule is CCc1c(C(=O)N2CCc3ccc(OC)cc3CC2)cnn1C1CCCC1. The van der Waals surface area contributed by atoms with Crippen LogP contribution in [0.25, 0.3) is 0 Å². The van der Waals surface area contributed by atoms with Crippen molar-refractivity contribution in [2.45, 2.75) is 57.9 Å². The molecule has 2 aliphatic rings. The summed E-state index contributed by atoms with van der Waals surface area (Å²) >= 11 is 0. The highest BCUT2D eigenvalue weighted by atomic mass is 16.5. The zero-order valence-electron chi connectivity index (χ0n) is 16.4. The average molecular weight is 367 g/mol. The van der Waals surface area contributed by atoms with Crippen LogP contribution in [0.4, 0.5) is 0 Å². The third kappa shape index (κ3) is 3.47. The number of carbonyl (C=O) groups excluding carboxylic acids is 1. The monoisotopic (exact) mass is 367 g/mol. The maximum Gasteiger partial charge on any atom is 0.257 e. The first kappa shape index (κ1) is 18.1. The highest BCUT2D eigenvalue weighted by Gasteiger charge is 2.27. The van der Waals surface area contributed by atoms with Gasteiger partial charge in [0.25, 0.3) is 5.91 Å². The van der Waals surface area contributed by atoms with E-state index in [-0.39, 0.29) is 5.91 Å². The van der Waals surface area contributed by atoms with Gasteiger partial charge in [0.1, 0.15) is 5.75 Å². The van der Waals surface area contributed by atoms with E-state index in [4.69, 9.17) is 4.74 Å². The van der Waals surface area contributed by atoms with Crippen LogP contribution in [0.2, 0.25) is 0 Å². The Morgan fingerprint density at radius 3 is 2.63 bits per heavy atom. The van der Waals surface area contributed by atoms with Crippen molar-refractivity contribution in [3.63, 3.8) is 0 Å². The lowest BCUT2D eigenvalue weighted by molar-refractivity contribution is 0.0761. The van der Waals surface area contributed by atoms with Crippen molar-refractivity contribution in [1.29, 1.82) is 0 Å². The molecule has 4 rings (SSSR count). The molecule has 0 bridgehead atoms. The first-order chi connectivity index (χ1) is 13.2. The third-order valence-electron chi connectivity index (χ3n) is 6.14. The van der Waals surface area contributed by atoms with Gasteiger partial charge in [-0.2, -0.15) is 5.10 Å². The number of benzene rings is 1. The number of hydrogen-bond acceptors (Lipinski definition) is 3. The fraction of sp³-hybridized carbons (Fsp3) is 0.545. The van der Waals surface area contributed by atoms with Gasteiger partial charge in [-0.05, 0) is 55.4 Å². The van der Waals surface area contributed by atoms with Gasteiger partial charge in [-0.15, -0.1) is 0 Å². The second-order valence-electron chi connectivity index (χ2n) is 7.67. The van der Waals surface area contributed by atoms with Gasteiger partial charge in [0.15, 0.2) is 0 Å². The molecule has 1 aliphatic carbocycles. The molecule has 0 radical (unpaired) electrons. The molecule has 1 aliphatic heterocycles. The molecular formula is C22H29N3O2. The molecule has 5 heteroatoms. The van der Waals surface area contributed by atoms with E-state index < -0.39 is 0 Å². The predicted octanol–water partition coefficient (Wildman–Crippen LogP) is 3.81. The molecule has 0 unspecified atom stereocenters. The first-order valence-corrected chi connectivity index (χ1v) is 10.2. The standard InChI is InChI=1S/C22H29N3O2/c1-3-21-20(15-23-25(21)18-6-4-5-7-18)22(26)24-12-10-16-8-9-19(27-2)14-17(16)11-13-24/h8-9,14-15,18H,3-7,10-13H2,1-2H3. The Hall–Kier alpha value is -2.30. The Balaban J connectivity index is 1.53. The van der Waals surface area contributed by atoms with Crippen molar-refractivity contribution in [2.75, 3.05) is 20.2 Å². The molecular weight excluding hydrogens is 338 g/mol. The van der Waals surface area contributed by atoms with Crippen molar-refractivity contribution < 1.29 is 9.53 Å². The maximum atomic E-state index is 13.3. The summed E-state index contributed by atoms with van der Waals surface area (Å²) in [7, 11) is 1.70. The first-order valence-electron chi connectivity index (χ1n) is 10.2. The largest absolute Gasteiger partial charge is 0.497 e. The fourth-order valence-electron chi connectivity index (χ4n) is 4.58. The van der Waals surface area contributed by atoms with Gasteiger partial charge in [0.05, 0.1) is 30.6 Å². The molecule has 1 saturated carbocycles.